The Hall–Kier alpha value is -4.37. The lowest BCUT2D eigenvalue weighted by molar-refractivity contribution is -0.123. The second-order valence-corrected chi connectivity index (χ2v) is 7.35. The fourth-order valence-corrected chi connectivity index (χ4v) is 3.36. The summed E-state index contributed by atoms with van der Waals surface area (Å²) in [4.78, 5) is 39.8. The lowest BCUT2D eigenvalue weighted by atomic mass is 10.0. The summed E-state index contributed by atoms with van der Waals surface area (Å²) in [6.07, 6.45) is 5.47. The summed E-state index contributed by atoms with van der Waals surface area (Å²) in [6.45, 7) is -0.169. The Balaban J connectivity index is 1.89. The average molecular weight is 440 g/mol. The SMILES string of the molecule is C#Cc1cccc(N(CC(=O)NC)C(=O)CC(NC(=O)c2ccccc2)c2ccccc2)c1. The molecule has 0 heterocycles. The van der Waals surface area contributed by atoms with Gasteiger partial charge in [-0.15, -0.1) is 6.42 Å². The van der Waals surface area contributed by atoms with Gasteiger partial charge in [0.1, 0.15) is 6.54 Å². The van der Waals surface area contributed by atoms with Gasteiger partial charge in [-0.2, -0.15) is 0 Å². The van der Waals surface area contributed by atoms with E-state index in [2.05, 4.69) is 16.6 Å². The molecule has 2 N–H and O–H groups in total. The standard InChI is InChI=1S/C27H25N3O3/c1-3-20-11-10-16-23(17-20)30(19-25(31)28-2)26(32)18-24(21-12-6-4-7-13-21)29-27(33)22-14-8-5-9-15-22/h1,4-17,24H,18-19H2,2H3,(H,28,31)(H,29,33). The molecule has 3 aromatic carbocycles. The minimum Gasteiger partial charge on any atom is -0.358 e. The molecule has 0 aliphatic heterocycles. The van der Waals surface area contributed by atoms with E-state index in [4.69, 9.17) is 6.42 Å². The number of rotatable bonds is 8. The Morgan fingerprint density at radius 2 is 1.61 bits per heavy atom. The van der Waals surface area contributed by atoms with E-state index < -0.39 is 6.04 Å². The first-order valence-electron chi connectivity index (χ1n) is 10.5. The Bertz CT molecular complexity index is 1150. The monoisotopic (exact) mass is 439 g/mol. The van der Waals surface area contributed by atoms with E-state index in [1.165, 1.54) is 11.9 Å². The largest absolute Gasteiger partial charge is 0.358 e. The maximum atomic E-state index is 13.4. The molecule has 0 bridgehead atoms. The van der Waals surface area contributed by atoms with Crippen molar-refractivity contribution in [1.82, 2.24) is 10.6 Å². The number of hydrogen-bond donors (Lipinski definition) is 2. The summed E-state index contributed by atoms with van der Waals surface area (Å²) in [7, 11) is 1.51. The van der Waals surface area contributed by atoms with Crippen LogP contribution in [0.1, 0.15) is 33.9 Å². The molecule has 0 aliphatic rings. The third-order valence-electron chi connectivity index (χ3n) is 5.13. The van der Waals surface area contributed by atoms with Crippen LogP contribution in [0.25, 0.3) is 0 Å². The van der Waals surface area contributed by atoms with E-state index in [-0.39, 0.29) is 30.7 Å². The van der Waals surface area contributed by atoms with Crippen molar-refractivity contribution in [2.24, 2.45) is 0 Å². The fraction of sp³-hybridized carbons (Fsp3) is 0.148. The van der Waals surface area contributed by atoms with Crippen molar-refractivity contribution in [3.63, 3.8) is 0 Å². The van der Waals surface area contributed by atoms with Gasteiger partial charge in [0.2, 0.25) is 11.8 Å². The normalized spacial score (nSPS) is 11.0. The lowest BCUT2D eigenvalue weighted by Crippen LogP contribution is -2.42. The number of carbonyl (C=O) groups is 3. The first-order chi connectivity index (χ1) is 16.0. The quantitative estimate of drug-likeness (QED) is 0.529. The van der Waals surface area contributed by atoms with Gasteiger partial charge in [0.05, 0.1) is 12.5 Å². The molecule has 3 amide bonds. The van der Waals surface area contributed by atoms with Crippen LogP contribution in [-0.4, -0.2) is 31.3 Å². The van der Waals surface area contributed by atoms with Crippen molar-refractivity contribution in [2.75, 3.05) is 18.5 Å². The van der Waals surface area contributed by atoms with E-state index in [1.807, 2.05) is 36.4 Å². The molecule has 0 radical (unpaired) electrons. The molecule has 0 saturated heterocycles. The lowest BCUT2D eigenvalue weighted by Gasteiger charge is -2.26. The van der Waals surface area contributed by atoms with Gasteiger partial charge in [0.25, 0.3) is 5.91 Å². The molecule has 3 aromatic rings. The predicted molar refractivity (Wildman–Crippen MR) is 129 cm³/mol. The maximum absolute atomic E-state index is 13.4. The molecule has 0 fully saturated rings. The second kappa shape index (κ2) is 11.3. The highest BCUT2D eigenvalue weighted by atomic mass is 16.2. The van der Waals surface area contributed by atoms with Gasteiger partial charge in [-0.05, 0) is 35.9 Å². The van der Waals surface area contributed by atoms with Crippen molar-refractivity contribution >= 4 is 23.4 Å². The molecule has 6 heteroatoms. The van der Waals surface area contributed by atoms with Crippen LogP contribution in [0.2, 0.25) is 0 Å². The molecular formula is C27H25N3O3. The summed E-state index contributed by atoms with van der Waals surface area (Å²) in [6, 6.07) is 24.4. The number of hydrogen-bond acceptors (Lipinski definition) is 3. The number of terminal acetylenes is 1. The van der Waals surface area contributed by atoms with Crippen molar-refractivity contribution in [2.45, 2.75) is 12.5 Å². The van der Waals surface area contributed by atoms with Crippen LogP contribution >= 0.6 is 0 Å². The number of benzene rings is 3. The molecule has 3 rings (SSSR count). The van der Waals surface area contributed by atoms with Crippen LogP contribution in [0.15, 0.2) is 84.9 Å². The van der Waals surface area contributed by atoms with Crippen LogP contribution < -0.4 is 15.5 Å². The Morgan fingerprint density at radius 3 is 2.24 bits per heavy atom. The molecule has 0 saturated carbocycles. The van der Waals surface area contributed by atoms with Gasteiger partial charge in [-0.3, -0.25) is 14.4 Å². The van der Waals surface area contributed by atoms with Crippen molar-refractivity contribution in [3.8, 4) is 12.3 Å². The first kappa shape index (κ1) is 23.3. The van der Waals surface area contributed by atoms with Gasteiger partial charge < -0.3 is 15.5 Å². The summed E-state index contributed by atoms with van der Waals surface area (Å²) >= 11 is 0. The molecule has 33 heavy (non-hydrogen) atoms. The number of amides is 3. The molecule has 0 aliphatic carbocycles. The molecule has 6 nitrogen and oxygen atoms in total. The van der Waals surface area contributed by atoms with Crippen LogP contribution in [0, 0.1) is 12.3 Å². The molecule has 166 valence electrons. The Morgan fingerprint density at radius 1 is 0.939 bits per heavy atom. The first-order valence-corrected chi connectivity index (χ1v) is 10.5. The average Bonchev–Trinajstić information content (AvgIpc) is 2.87. The van der Waals surface area contributed by atoms with E-state index in [1.54, 1.807) is 48.5 Å². The zero-order chi connectivity index (χ0) is 23.6. The van der Waals surface area contributed by atoms with Gasteiger partial charge in [0, 0.05) is 23.9 Å². The highest BCUT2D eigenvalue weighted by Crippen LogP contribution is 2.23. The smallest absolute Gasteiger partial charge is 0.251 e. The summed E-state index contributed by atoms with van der Waals surface area (Å²) in [5.41, 5.74) is 2.39. The van der Waals surface area contributed by atoms with Gasteiger partial charge in [-0.25, -0.2) is 0 Å². The molecule has 1 unspecified atom stereocenters. The van der Waals surface area contributed by atoms with Gasteiger partial charge >= 0.3 is 0 Å². The molecular weight excluding hydrogens is 414 g/mol. The Labute approximate surface area is 193 Å². The maximum Gasteiger partial charge on any atom is 0.251 e. The van der Waals surface area contributed by atoms with Crippen molar-refractivity contribution < 1.29 is 14.4 Å². The fourth-order valence-electron chi connectivity index (χ4n) is 3.36. The number of likely N-dealkylation sites (N-methyl/N-ethyl adjacent to an activating group) is 1. The van der Waals surface area contributed by atoms with E-state index >= 15 is 0 Å². The van der Waals surface area contributed by atoms with Crippen LogP contribution in [0.5, 0.6) is 0 Å². The number of nitrogens with one attached hydrogen (secondary N) is 2. The van der Waals surface area contributed by atoms with Crippen molar-refractivity contribution in [3.05, 3.63) is 102 Å². The summed E-state index contributed by atoms with van der Waals surface area (Å²) in [5, 5.41) is 5.50. The van der Waals surface area contributed by atoms with E-state index in [9.17, 15) is 14.4 Å². The van der Waals surface area contributed by atoms with Crippen LogP contribution in [0.4, 0.5) is 5.69 Å². The molecule has 0 spiro atoms. The van der Waals surface area contributed by atoms with Gasteiger partial charge in [0.15, 0.2) is 0 Å². The molecule has 1 atom stereocenters. The Kier molecular flexibility index (Phi) is 7.98. The van der Waals surface area contributed by atoms with E-state index in [0.717, 1.165) is 5.56 Å². The third-order valence-corrected chi connectivity index (χ3v) is 5.13. The van der Waals surface area contributed by atoms with Crippen LogP contribution in [0.3, 0.4) is 0 Å². The third kappa shape index (κ3) is 6.31. The number of nitrogens with zero attached hydrogens (tertiary/aromatic N) is 1. The predicted octanol–water partition coefficient (Wildman–Crippen LogP) is 3.31. The van der Waals surface area contributed by atoms with Gasteiger partial charge in [-0.1, -0.05) is 60.5 Å². The minimum atomic E-state index is -0.589. The highest BCUT2D eigenvalue weighted by Gasteiger charge is 2.25. The second-order valence-electron chi connectivity index (χ2n) is 7.35. The van der Waals surface area contributed by atoms with Crippen LogP contribution in [-0.2, 0) is 9.59 Å². The zero-order valence-electron chi connectivity index (χ0n) is 18.3. The summed E-state index contributed by atoms with van der Waals surface area (Å²) < 4.78 is 0. The van der Waals surface area contributed by atoms with E-state index in [0.29, 0.717) is 16.8 Å². The molecule has 0 aromatic heterocycles. The zero-order valence-corrected chi connectivity index (χ0v) is 18.3. The number of carbonyl (C=O) groups excluding carboxylic acids is 3. The number of anilines is 1. The highest BCUT2D eigenvalue weighted by molar-refractivity contribution is 6.00. The summed E-state index contributed by atoms with van der Waals surface area (Å²) in [5.74, 6) is 1.61. The van der Waals surface area contributed by atoms with Crippen molar-refractivity contribution in [1.29, 1.82) is 0 Å². The minimum absolute atomic E-state index is 0.0418. The topological polar surface area (TPSA) is 78.5 Å².